The normalized spacial score (nSPS) is 28.6. The van der Waals surface area contributed by atoms with Crippen molar-refractivity contribution in [1.82, 2.24) is 5.32 Å². The highest BCUT2D eigenvalue weighted by molar-refractivity contribution is 14.1. The summed E-state index contributed by atoms with van der Waals surface area (Å²) in [5.41, 5.74) is 1.21. The second-order valence-corrected chi connectivity index (χ2v) is 6.71. The van der Waals surface area contributed by atoms with Gasteiger partial charge in [0.25, 0.3) is 0 Å². The fourth-order valence-electron chi connectivity index (χ4n) is 2.05. The minimum absolute atomic E-state index is 0.00542. The molecule has 1 aliphatic rings. The highest BCUT2D eigenvalue weighted by Gasteiger charge is 2.31. The maximum atomic E-state index is 9.93. The second kappa shape index (κ2) is 5.65. The summed E-state index contributed by atoms with van der Waals surface area (Å²) >= 11 is 2.38. The number of hydrogen-bond acceptors (Lipinski definition) is 3. The van der Waals surface area contributed by atoms with Gasteiger partial charge >= 0.3 is 0 Å². The summed E-state index contributed by atoms with van der Waals surface area (Å²) < 4.78 is 5.22. The Morgan fingerprint density at radius 1 is 1.41 bits per heavy atom. The number of hydrogen-bond donors (Lipinski definition) is 2. The Labute approximate surface area is 116 Å². The number of rotatable bonds is 3. The molecule has 2 rings (SSSR count). The van der Waals surface area contributed by atoms with Gasteiger partial charge in [-0.15, -0.1) is 0 Å². The molecule has 3 atom stereocenters. The first-order valence-corrected chi connectivity index (χ1v) is 6.95. The van der Waals surface area contributed by atoms with Crippen LogP contribution in [0.4, 0.5) is 0 Å². The van der Waals surface area contributed by atoms with Crippen LogP contribution in [0.25, 0.3) is 0 Å². The topological polar surface area (TPSA) is 41.5 Å². The lowest BCUT2D eigenvalue weighted by molar-refractivity contribution is -0.0193. The SMILES string of the molecule is C[C@](I)(N[C@H]1COCC[C@H]1O)c1ccccc1. The van der Waals surface area contributed by atoms with Gasteiger partial charge in [-0.05, 0) is 18.9 Å². The number of nitrogens with one attached hydrogen (secondary N) is 1. The number of alkyl halides is 1. The molecule has 0 aromatic heterocycles. The zero-order valence-electron chi connectivity index (χ0n) is 9.90. The Balaban J connectivity index is 2.06. The predicted molar refractivity (Wildman–Crippen MR) is 76.2 cm³/mol. The molecule has 0 aliphatic carbocycles. The van der Waals surface area contributed by atoms with Gasteiger partial charge < -0.3 is 9.84 Å². The van der Waals surface area contributed by atoms with E-state index in [9.17, 15) is 5.11 Å². The van der Waals surface area contributed by atoms with E-state index < -0.39 is 0 Å². The van der Waals surface area contributed by atoms with Crippen LogP contribution in [-0.4, -0.2) is 30.5 Å². The Morgan fingerprint density at radius 3 is 2.76 bits per heavy atom. The third-order valence-electron chi connectivity index (χ3n) is 3.09. The van der Waals surface area contributed by atoms with Crippen molar-refractivity contribution in [2.45, 2.75) is 29.0 Å². The van der Waals surface area contributed by atoms with E-state index in [0.717, 1.165) is 0 Å². The van der Waals surface area contributed by atoms with Crippen molar-refractivity contribution in [2.24, 2.45) is 0 Å². The van der Waals surface area contributed by atoms with Gasteiger partial charge in [0.2, 0.25) is 0 Å². The van der Waals surface area contributed by atoms with Crippen molar-refractivity contribution in [3.63, 3.8) is 0 Å². The molecule has 1 heterocycles. The molecule has 0 radical (unpaired) electrons. The molecular formula is C13H18INO2. The fraction of sp³-hybridized carbons (Fsp3) is 0.538. The van der Waals surface area contributed by atoms with Gasteiger partial charge in [0.05, 0.1) is 22.3 Å². The Hall–Kier alpha value is -0.170. The van der Waals surface area contributed by atoms with Crippen LogP contribution in [0.15, 0.2) is 30.3 Å². The Bertz CT molecular complexity index is 356. The molecule has 0 amide bonds. The van der Waals surface area contributed by atoms with Crippen LogP contribution in [0, 0.1) is 0 Å². The van der Waals surface area contributed by atoms with Crippen molar-refractivity contribution < 1.29 is 9.84 Å². The first-order chi connectivity index (χ1) is 8.09. The lowest BCUT2D eigenvalue weighted by atomic mass is 10.0. The van der Waals surface area contributed by atoms with E-state index in [1.807, 2.05) is 18.2 Å². The van der Waals surface area contributed by atoms with Gasteiger partial charge in [0.1, 0.15) is 0 Å². The quantitative estimate of drug-likeness (QED) is 0.500. The van der Waals surface area contributed by atoms with E-state index in [1.54, 1.807) is 0 Å². The summed E-state index contributed by atoms with van der Waals surface area (Å²) in [6, 6.07) is 10.3. The van der Waals surface area contributed by atoms with Crippen LogP contribution in [-0.2, 0) is 8.28 Å². The van der Waals surface area contributed by atoms with Gasteiger partial charge in [0, 0.05) is 6.61 Å². The summed E-state index contributed by atoms with van der Waals surface area (Å²) in [6.07, 6.45) is 0.390. The average molecular weight is 347 g/mol. The summed E-state index contributed by atoms with van der Waals surface area (Å²) in [5.74, 6) is 0. The van der Waals surface area contributed by atoms with Gasteiger partial charge in [-0.2, -0.15) is 0 Å². The van der Waals surface area contributed by atoms with Crippen LogP contribution >= 0.6 is 22.6 Å². The molecule has 94 valence electrons. The van der Waals surface area contributed by atoms with Gasteiger partial charge in [-0.1, -0.05) is 52.9 Å². The van der Waals surface area contributed by atoms with E-state index in [-0.39, 0.29) is 15.7 Å². The zero-order valence-corrected chi connectivity index (χ0v) is 12.1. The van der Waals surface area contributed by atoms with Gasteiger partial charge in [-0.25, -0.2) is 0 Å². The number of aliphatic hydroxyl groups is 1. The molecule has 1 saturated heterocycles. The molecule has 1 fully saturated rings. The number of benzene rings is 1. The monoisotopic (exact) mass is 347 g/mol. The summed E-state index contributed by atoms with van der Waals surface area (Å²) in [4.78, 5) is 0. The molecule has 1 aliphatic heterocycles. The standard InChI is InChI=1S/C13H18INO2/c1-13(14,10-5-3-2-4-6-10)15-11-9-17-8-7-12(11)16/h2-6,11-12,15-16H,7-9H2,1H3/t11-,12+,13-/m0/s1. The highest BCUT2D eigenvalue weighted by atomic mass is 127. The van der Waals surface area contributed by atoms with Crippen molar-refractivity contribution >= 4 is 22.6 Å². The summed E-state index contributed by atoms with van der Waals surface area (Å²) in [7, 11) is 0. The average Bonchev–Trinajstić information content (AvgIpc) is 2.33. The maximum Gasteiger partial charge on any atom is 0.0935 e. The molecule has 2 N–H and O–H groups in total. The van der Waals surface area contributed by atoms with E-state index in [4.69, 9.17) is 4.74 Å². The lowest BCUT2D eigenvalue weighted by Crippen LogP contribution is -2.52. The smallest absolute Gasteiger partial charge is 0.0935 e. The fourth-order valence-corrected chi connectivity index (χ4v) is 2.81. The molecular weight excluding hydrogens is 329 g/mol. The van der Waals surface area contributed by atoms with Crippen molar-refractivity contribution in [3.8, 4) is 0 Å². The third kappa shape index (κ3) is 3.40. The second-order valence-electron chi connectivity index (χ2n) is 4.55. The molecule has 0 bridgehead atoms. The zero-order chi connectivity index (χ0) is 12.3. The number of halogens is 1. The molecule has 17 heavy (non-hydrogen) atoms. The van der Waals surface area contributed by atoms with Crippen LogP contribution in [0.3, 0.4) is 0 Å². The van der Waals surface area contributed by atoms with E-state index >= 15 is 0 Å². The van der Waals surface area contributed by atoms with Crippen LogP contribution in [0.5, 0.6) is 0 Å². The van der Waals surface area contributed by atoms with Crippen molar-refractivity contribution in [3.05, 3.63) is 35.9 Å². The third-order valence-corrected chi connectivity index (χ3v) is 4.03. The van der Waals surface area contributed by atoms with Crippen LogP contribution < -0.4 is 5.32 Å². The molecule has 1 aromatic rings. The highest BCUT2D eigenvalue weighted by Crippen LogP contribution is 2.29. The first-order valence-electron chi connectivity index (χ1n) is 5.87. The van der Waals surface area contributed by atoms with E-state index in [1.165, 1.54) is 5.56 Å². The number of aliphatic hydroxyl groups excluding tert-OH is 1. The minimum Gasteiger partial charge on any atom is -0.391 e. The van der Waals surface area contributed by atoms with Crippen LogP contribution in [0.2, 0.25) is 0 Å². The van der Waals surface area contributed by atoms with Crippen LogP contribution in [0.1, 0.15) is 18.9 Å². The predicted octanol–water partition coefficient (Wildman–Crippen LogP) is 2.03. The molecule has 4 heteroatoms. The molecule has 3 nitrogen and oxygen atoms in total. The summed E-state index contributed by atoms with van der Waals surface area (Å²) in [6.45, 7) is 3.35. The molecule has 0 saturated carbocycles. The first kappa shape index (κ1) is 13.3. The van der Waals surface area contributed by atoms with Crippen molar-refractivity contribution in [2.75, 3.05) is 13.2 Å². The largest absolute Gasteiger partial charge is 0.391 e. The van der Waals surface area contributed by atoms with Gasteiger partial charge in [-0.3, -0.25) is 5.32 Å². The van der Waals surface area contributed by atoms with Gasteiger partial charge in [0.15, 0.2) is 0 Å². The molecule has 1 aromatic carbocycles. The maximum absolute atomic E-state index is 9.93. The summed E-state index contributed by atoms with van der Waals surface area (Å²) in [5, 5.41) is 13.4. The van der Waals surface area contributed by atoms with E-state index in [0.29, 0.717) is 19.6 Å². The molecule has 0 spiro atoms. The van der Waals surface area contributed by atoms with Crippen molar-refractivity contribution in [1.29, 1.82) is 0 Å². The Morgan fingerprint density at radius 2 is 2.12 bits per heavy atom. The minimum atomic E-state index is -0.318. The molecule has 0 unspecified atom stereocenters. The lowest BCUT2D eigenvalue weighted by Gasteiger charge is -2.35. The number of ether oxygens (including phenoxy) is 1. The van der Waals surface area contributed by atoms with E-state index in [2.05, 4.69) is 47.0 Å². The Kier molecular flexibility index (Phi) is 4.41.